The Morgan fingerprint density at radius 1 is 0.216 bits per heavy atom. The summed E-state index contributed by atoms with van der Waals surface area (Å²) in [5.41, 5.74) is 18.3. The largest absolute Gasteiger partial charge is 0.309 e. The van der Waals surface area contributed by atoms with Crippen molar-refractivity contribution in [3.05, 3.63) is 273 Å². The van der Waals surface area contributed by atoms with E-state index in [0.717, 1.165) is 78.0 Å². The van der Waals surface area contributed by atoms with Gasteiger partial charge in [0, 0.05) is 55.0 Å². The van der Waals surface area contributed by atoms with Gasteiger partial charge in [-0.2, -0.15) is 0 Å². The van der Waals surface area contributed by atoms with Crippen LogP contribution in [0.15, 0.2) is 273 Å². The summed E-state index contributed by atoms with van der Waals surface area (Å²) >= 11 is 0. The van der Waals surface area contributed by atoms with Crippen LogP contribution in [-0.4, -0.2) is 24.1 Å². The molecule has 0 N–H and O–H groups in total. The first kappa shape index (κ1) is 42.9. The second-order valence-corrected chi connectivity index (χ2v) is 18.8. The lowest BCUT2D eigenvalue weighted by Crippen LogP contribution is -2.04. The van der Waals surface area contributed by atoms with Crippen LogP contribution in [-0.2, 0) is 0 Å². The van der Waals surface area contributed by atoms with Crippen molar-refractivity contribution >= 4 is 43.6 Å². The number of hydrogen-bond acceptors (Lipinski definition) is 3. The smallest absolute Gasteiger partial charge is 0.164 e. The van der Waals surface area contributed by atoms with Crippen LogP contribution in [0.5, 0.6) is 0 Å². The Kier molecular flexibility index (Phi) is 10.4. The van der Waals surface area contributed by atoms with Crippen molar-refractivity contribution in [1.82, 2.24) is 24.1 Å². The Balaban J connectivity index is 1.10. The second kappa shape index (κ2) is 18.0. The van der Waals surface area contributed by atoms with Crippen molar-refractivity contribution in [2.75, 3.05) is 0 Å². The van der Waals surface area contributed by atoms with Crippen LogP contribution in [0.25, 0.3) is 134 Å². The summed E-state index contributed by atoms with van der Waals surface area (Å²) in [5, 5.41) is 4.73. The Labute approximate surface area is 428 Å². The van der Waals surface area contributed by atoms with E-state index in [-0.39, 0.29) is 0 Å². The third kappa shape index (κ3) is 7.46. The average molecular weight is 944 g/mol. The molecule has 3 aromatic heterocycles. The number of benzene rings is 11. The van der Waals surface area contributed by atoms with Gasteiger partial charge in [-0.05, 0) is 81.9 Å². The molecule has 0 saturated heterocycles. The Bertz CT molecular complexity index is 4190. The molecule has 0 spiro atoms. The first-order valence-electron chi connectivity index (χ1n) is 25.1. The van der Waals surface area contributed by atoms with Crippen LogP contribution < -0.4 is 0 Å². The standard InChI is InChI=1S/C69H45N5/c1-6-20-46(21-7-1)48-34-38-50(39-35-48)58-42-54(69-71-67(52-24-10-3-11-25-52)70-68(72-69)53-26-12-4-13-27-53)43-59(51-40-36-49(37-41-51)47-22-8-2-9-23-47)66(58)74-63-33-19-17-31-57(63)61-44-64-60(45-65(61)74)56-30-16-18-32-62(56)73(64)55-28-14-5-15-29-55/h1-45H. The van der Waals surface area contributed by atoms with Crippen LogP contribution in [0.2, 0.25) is 0 Å². The minimum atomic E-state index is 0.589. The fraction of sp³-hybridized carbons (Fsp3) is 0. The zero-order chi connectivity index (χ0) is 49.0. The highest BCUT2D eigenvalue weighted by molar-refractivity contribution is 6.19. The zero-order valence-electron chi connectivity index (χ0n) is 40.2. The summed E-state index contributed by atoms with van der Waals surface area (Å²) in [6.45, 7) is 0. The molecule has 0 aliphatic heterocycles. The first-order valence-corrected chi connectivity index (χ1v) is 25.1. The third-order valence-electron chi connectivity index (χ3n) is 14.4. The molecule has 11 aromatic carbocycles. The normalized spacial score (nSPS) is 11.5. The molecule has 0 radical (unpaired) electrons. The molecular formula is C69H45N5. The number of rotatable bonds is 9. The predicted octanol–water partition coefficient (Wildman–Crippen LogP) is 17.7. The molecular weight excluding hydrogens is 899 g/mol. The maximum Gasteiger partial charge on any atom is 0.164 e. The van der Waals surface area contributed by atoms with Gasteiger partial charge >= 0.3 is 0 Å². The van der Waals surface area contributed by atoms with Gasteiger partial charge in [0.1, 0.15) is 0 Å². The molecule has 0 unspecified atom stereocenters. The summed E-state index contributed by atoms with van der Waals surface area (Å²) in [6.07, 6.45) is 0. The Hall–Kier alpha value is -9.97. The summed E-state index contributed by atoms with van der Waals surface area (Å²) in [4.78, 5) is 15.8. The highest BCUT2D eigenvalue weighted by atomic mass is 15.0. The molecule has 0 aliphatic carbocycles. The van der Waals surface area contributed by atoms with E-state index in [2.05, 4.69) is 246 Å². The molecule has 14 rings (SSSR count). The van der Waals surface area contributed by atoms with Gasteiger partial charge in [0.05, 0.1) is 27.8 Å². The summed E-state index contributed by atoms with van der Waals surface area (Å²) in [6, 6.07) is 97.5. The van der Waals surface area contributed by atoms with Gasteiger partial charge in [-0.1, -0.05) is 224 Å². The van der Waals surface area contributed by atoms with E-state index in [1.165, 1.54) is 38.2 Å². The molecule has 74 heavy (non-hydrogen) atoms. The third-order valence-corrected chi connectivity index (χ3v) is 14.4. The van der Waals surface area contributed by atoms with Crippen molar-refractivity contribution in [3.63, 3.8) is 0 Å². The molecule has 0 fully saturated rings. The number of aromatic nitrogens is 5. The Morgan fingerprint density at radius 3 is 0.986 bits per heavy atom. The van der Waals surface area contributed by atoms with E-state index in [0.29, 0.717) is 17.5 Å². The van der Waals surface area contributed by atoms with Crippen molar-refractivity contribution in [1.29, 1.82) is 0 Å². The average Bonchev–Trinajstić information content (AvgIpc) is 3.99. The van der Waals surface area contributed by atoms with Crippen LogP contribution in [0.3, 0.4) is 0 Å². The van der Waals surface area contributed by atoms with E-state index in [9.17, 15) is 0 Å². The lowest BCUT2D eigenvalue weighted by Gasteiger charge is -2.21. The molecule has 346 valence electrons. The lowest BCUT2D eigenvalue weighted by molar-refractivity contribution is 1.07. The Morgan fingerprint density at radius 2 is 0.541 bits per heavy atom. The van der Waals surface area contributed by atoms with Crippen LogP contribution in [0, 0.1) is 0 Å². The second-order valence-electron chi connectivity index (χ2n) is 18.8. The molecule has 0 atom stereocenters. The summed E-state index contributed by atoms with van der Waals surface area (Å²) < 4.78 is 4.92. The van der Waals surface area contributed by atoms with Crippen LogP contribution in [0.1, 0.15) is 0 Å². The van der Waals surface area contributed by atoms with Crippen LogP contribution in [0.4, 0.5) is 0 Å². The van der Waals surface area contributed by atoms with E-state index >= 15 is 0 Å². The molecule has 0 amide bonds. The maximum absolute atomic E-state index is 5.33. The molecule has 0 aliphatic rings. The maximum atomic E-state index is 5.33. The van der Waals surface area contributed by atoms with Gasteiger partial charge in [0.25, 0.3) is 0 Å². The number of nitrogens with zero attached hydrogens (tertiary/aromatic N) is 5. The summed E-state index contributed by atoms with van der Waals surface area (Å²) in [7, 11) is 0. The molecule has 3 heterocycles. The predicted molar refractivity (Wildman–Crippen MR) is 307 cm³/mol. The van der Waals surface area contributed by atoms with E-state index in [1.807, 2.05) is 36.4 Å². The van der Waals surface area contributed by atoms with E-state index in [1.54, 1.807) is 0 Å². The topological polar surface area (TPSA) is 48.5 Å². The first-order chi connectivity index (χ1) is 36.7. The fourth-order valence-electron chi connectivity index (χ4n) is 10.9. The zero-order valence-corrected chi connectivity index (χ0v) is 40.2. The molecule has 5 heteroatoms. The minimum absolute atomic E-state index is 0.589. The quantitative estimate of drug-likeness (QED) is 0.145. The molecule has 14 aromatic rings. The highest BCUT2D eigenvalue weighted by Gasteiger charge is 2.25. The number of para-hydroxylation sites is 3. The van der Waals surface area contributed by atoms with Crippen molar-refractivity contribution in [2.24, 2.45) is 0 Å². The van der Waals surface area contributed by atoms with Crippen LogP contribution >= 0.6 is 0 Å². The van der Waals surface area contributed by atoms with Gasteiger partial charge < -0.3 is 9.13 Å². The number of hydrogen-bond donors (Lipinski definition) is 0. The van der Waals surface area contributed by atoms with Gasteiger partial charge in [-0.25, -0.2) is 15.0 Å². The lowest BCUT2D eigenvalue weighted by atomic mass is 9.91. The van der Waals surface area contributed by atoms with Crippen molar-refractivity contribution in [2.45, 2.75) is 0 Å². The summed E-state index contributed by atoms with van der Waals surface area (Å²) in [5.74, 6) is 1.82. The molecule has 0 bridgehead atoms. The number of fused-ring (bicyclic) bond motifs is 6. The van der Waals surface area contributed by atoms with E-state index in [4.69, 9.17) is 15.0 Å². The minimum Gasteiger partial charge on any atom is -0.309 e. The molecule has 0 saturated carbocycles. The van der Waals surface area contributed by atoms with Gasteiger partial charge in [-0.3, -0.25) is 0 Å². The monoisotopic (exact) mass is 943 g/mol. The fourth-order valence-corrected chi connectivity index (χ4v) is 10.9. The highest BCUT2D eigenvalue weighted by Crippen LogP contribution is 2.46. The van der Waals surface area contributed by atoms with E-state index < -0.39 is 0 Å². The van der Waals surface area contributed by atoms with Crippen molar-refractivity contribution in [3.8, 4) is 90.0 Å². The van der Waals surface area contributed by atoms with Gasteiger partial charge in [-0.15, -0.1) is 0 Å². The molecule has 5 nitrogen and oxygen atoms in total. The van der Waals surface area contributed by atoms with Crippen molar-refractivity contribution < 1.29 is 0 Å². The SMILES string of the molecule is c1ccc(-c2ccc(-c3cc(-c4nc(-c5ccccc5)nc(-c5ccccc5)n4)cc(-c4ccc(-c5ccccc5)cc4)c3-n3c4ccccc4c4cc5c(cc43)c3ccccc3n5-c3ccccc3)cc2)cc1. The van der Waals surface area contributed by atoms with Gasteiger partial charge in [0.2, 0.25) is 0 Å². The van der Waals surface area contributed by atoms with Gasteiger partial charge in [0.15, 0.2) is 17.5 Å².